The van der Waals surface area contributed by atoms with Crippen LogP contribution in [0, 0.1) is 0 Å². The van der Waals surface area contributed by atoms with E-state index in [1.807, 2.05) is 0 Å². The molecule has 0 aliphatic carbocycles. The molecule has 1 aliphatic rings. The van der Waals surface area contributed by atoms with Gasteiger partial charge in [-0.15, -0.1) is 0 Å². The maximum atomic E-state index is 5.46. The second-order valence-corrected chi connectivity index (χ2v) is 5.85. The van der Waals surface area contributed by atoms with E-state index in [2.05, 4.69) is 68.2 Å². The maximum Gasteiger partial charge on any atom is 0.170 e. The maximum absolute atomic E-state index is 5.46. The molecule has 1 fully saturated rings. The molecule has 1 aromatic carbocycles. The van der Waals surface area contributed by atoms with Crippen molar-refractivity contribution in [2.75, 3.05) is 0 Å². The van der Waals surface area contributed by atoms with Crippen LogP contribution in [0.15, 0.2) is 30.3 Å². The van der Waals surface area contributed by atoms with Crippen molar-refractivity contribution in [1.82, 2.24) is 10.2 Å². The molecule has 1 heterocycles. The Balaban J connectivity index is 2.44. The summed E-state index contributed by atoms with van der Waals surface area (Å²) in [6.07, 6.45) is 0. The second kappa shape index (κ2) is 4.30. The van der Waals surface area contributed by atoms with Gasteiger partial charge in [-0.05, 0) is 45.5 Å². The van der Waals surface area contributed by atoms with E-state index in [4.69, 9.17) is 12.2 Å². The fraction of sp³-hybridized carbons (Fsp3) is 0.500. The van der Waals surface area contributed by atoms with E-state index in [0.29, 0.717) is 12.1 Å². The summed E-state index contributed by atoms with van der Waals surface area (Å²) in [5.41, 5.74) is 1.29. The van der Waals surface area contributed by atoms with Gasteiger partial charge in [-0.1, -0.05) is 30.3 Å². The molecule has 1 N–H and O–H groups in total. The molecule has 0 bridgehead atoms. The van der Waals surface area contributed by atoms with Crippen molar-refractivity contribution in [3.63, 3.8) is 0 Å². The number of benzene rings is 1. The zero-order valence-electron chi connectivity index (χ0n) is 10.9. The van der Waals surface area contributed by atoms with Gasteiger partial charge in [0, 0.05) is 6.04 Å². The zero-order chi connectivity index (χ0) is 12.6. The third-order valence-corrected chi connectivity index (χ3v) is 3.61. The lowest BCUT2D eigenvalue weighted by Crippen LogP contribution is -2.39. The monoisotopic (exact) mass is 248 g/mol. The molecule has 2 rings (SSSR count). The van der Waals surface area contributed by atoms with Gasteiger partial charge in [-0.3, -0.25) is 0 Å². The van der Waals surface area contributed by atoms with E-state index in [0.717, 1.165) is 5.11 Å². The highest BCUT2D eigenvalue weighted by Crippen LogP contribution is 2.38. The van der Waals surface area contributed by atoms with Crippen LogP contribution in [0.5, 0.6) is 0 Å². The van der Waals surface area contributed by atoms with Crippen LogP contribution < -0.4 is 5.32 Å². The van der Waals surface area contributed by atoms with Crippen LogP contribution >= 0.6 is 12.2 Å². The molecule has 3 heteroatoms. The number of rotatable bonds is 2. The molecule has 2 nitrogen and oxygen atoms in total. The normalized spacial score (nSPS) is 23.0. The third-order valence-electron chi connectivity index (χ3n) is 3.30. The lowest BCUT2D eigenvalue weighted by molar-refractivity contribution is 0.228. The van der Waals surface area contributed by atoms with Crippen molar-refractivity contribution in [2.24, 2.45) is 0 Å². The first-order chi connectivity index (χ1) is 7.93. The molecule has 1 aromatic rings. The largest absolute Gasteiger partial charge is 0.355 e. The smallest absolute Gasteiger partial charge is 0.170 e. The van der Waals surface area contributed by atoms with E-state index in [9.17, 15) is 0 Å². The van der Waals surface area contributed by atoms with Gasteiger partial charge in [-0.25, -0.2) is 0 Å². The van der Waals surface area contributed by atoms with Crippen molar-refractivity contribution in [3.05, 3.63) is 35.9 Å². The van der Waals surface area contributed by atoms with E-state index < -0.39 is 0 Å². The van der Waals surface area contributed by atoms with Gasteiger partial charge in [0.2, 0.25) is 0 Å². The summed E-state index contributed by atoms with van der Waals surface area (Å²) in [5.74, 6) is 0. The van der Waals surface area contributed by atoms with Crippen LogP contribution in [0.2, 0.25) is 0 Å². The topological polar surface area (TPSA) is 15.3 Å². The number of hydrogen-bond donors (Lipinski definition) is 1. The fourth-order valence-electron chi connectivity index (χ4n) is 2.62. The summed E-state index contributed by atoms with van der Waals surface area (Å²) >= 11 is 5.46. The highest BCUT2D eigenvalue weighted by atomic mass is 32.1. The highest BCUT2D eigenvalue weighted by Gasteiger charge is 2.44. The average Bonchev–Trinajstić information content (AvgIpc) is 2.49. The molecule has 0 saturated carbocycles. The van der Waals surface area contributed by atoms with Gasteiger partial charge in [0.25, 0.3) is 0 Å². The van der Waals surface area contributed by atoms with E-state index in [1.165, 1.54) is 5.56 Å². The summed E-state index contributed by atoms with van der Waals surface area (Å²) in [4.78, 5) is 2.30. The molecule has 1 aliphatic heterocycles. The SMILES string of the molecule is CC(C)N1C(=S)NC(C)(C)C1c1ccccc1. The van der Waals surface area contributed by atoms with Gasteiger partial charge in [0.15, 0.2) is 5.11 Å². The Labute approximate surface area is 109 Å². The first-order valence-corrected chi connectivity index (χ1v) is 6.50. The summed E-state index contributed by atoms with van der Waals surface area (Å²) in [6.45, 7) is 8.79. The molecule has 1 saturated heterocycles. The number of nitrogens with one attached hydrogen (secondary N) is 1. The predicted molar refractivity (Wildman–Crippen MR) is 76.0 cm³/mol. The van der Waals surface area contributed by atoms with E-state index in [1.54, 1.807) is 0 Å². The molecule has 1 atom stereocenters. The summed E-state index contributed by atoms with van der Waals surface area (Å²) in [5, 5.41) is 4.29. The molecule has 0 aromatic heterocycles. The zero-order valence-corrected chi connectivity index (χ0v) is 11.7. The quantitative estimate of drug-likeness (QED) is 0.810. The van der Waals surface area contributed by atoms with Gasteiger partial charge in [0.1, 0.15) is 0 Å². The lowest BCUT2D eigenvalue weighted by atomic mass is 9.89. The minimum absolute atomic E-state index is 0.0251. The Morgan fingerprint density at radius 3 is 2.35 bits per heavy atom. The minimum atomic E-state index is -0.0251. The van der Waals surface area contributed by atoms with Gasteiger partial charge >= 0.3 is 0 Å². The molecule has 1 unspecified atom stereocenters. The molecule has 92 valence electrons. The Morgan fingerprint density at radius 1 is 1.24 bits per heavy atom. The van der Waals surface area contributed by atoms with E-state index in [-0.39, 0.29) is 5.54 Å². The van der Waals surface area contributed by atoms with Crippen molar-refractivity contribution in [3.8, 4) is 0 Å². The number of hydrogen-bond acceptors (Lipinski definition) is 1. The molecule has 17 heavy (non-hydrogen) atoms. The van der Waals surface area contributed by atoms with Gasteiger partial charge in [0.05, 0.1) is 11.6 Å². The summed E-state index contributed by atoms with van der Waals surface area (Å²) < 4.78 is 0. The van der Waals surface area contributed by atoms with E-state index >= 15 is 0 Å². The van der Waals surface area contributed by atoms with Crippen molar-refractivity contribution < 1.29 is 0 Å². The van der Waals surface area contributed by atoms with Crippen LogP contribution in [0.4, 0.5) is 0 Å². The lowest BCUT2D eigenvalue weighted by Gasteiger charge is -2.34. The number of thiocarbonyl (C=S) groups is 1. The molecule has 0 radical (unpaired) electrons. The van der Waals surface area contributed by atoms with Gasteiger partial charge in [-0.2, -0.15) is 0 Å². The molecule has 0 spiro atoms. The standard InChI is InChI=1S/C14H20N2S/c1-10(2)16-12(11-8-6-5-7-9-11)14(3,4)15-13(16)17/h5-10,12H,1-4H3,(H,15,17). The van der Waals surface area contributed by atoms with Crippen LogP contribution in [0.1, 0.15) is 39.3 Å². The van der Waals surface area contributed by atoms with Crippen molar-refractivity contribution >= 4 is 17.3 Å². The fourth-order valence-corrected chi connectivity index (χ4v) is 3.20. The van der Waals surface area contributed by atoms with Crippen molar-refractivity contribution in [1.29, 1.82) is 0 Å². The van der Waals surface area contributed by atoms with Crippen molar-refractivity contribution in [2.45, 2.75) is 45.3 Å². The first kappa shape index (κ1) is 12.4. The van der Waals surface area contributed by atoms with Crippen LogP contribution in [0.3, 0.4) is 0 Å². The van der Waals surface area contributed by atoms with Gasteiger partial charge < -0.3 is 10.2 Å². The van der Waals surface area contributed by atoms with Crippen LogP contribution in [-0.4, -0.2) is 21.6 Å². The first-order valence-electron chi connectivity index (χ1n) is 6.09. The second-order valence-electron chi connectivity index (χ2n) is 5.47. The molecular formula is C14H20N2S. The Kier molecular flexibility index (Phi) is 3.13. The predicted octanol–water partition coefficient (Wildman–Crippen LogP) is 3.10. The molecule has 0 amide bonds. The average molecular weight is 248 g/mol. The van der Waals surface area contributed by atoms with Crippen LogP contribution in [0.25, 0.3) is 0 Å². The third kappa shape index (κ3) is 2.16. The Bertz CT molecular complexity index is 411. The Hall–Kier alpha value is -1.09. The summed E-state index contributed by atoms with van der Waals surface area (Å²) in [7, 11) is 0. The highest BCUT2D eigenvalue weighted by molar-refractivity contribution is 7.80. The summed E-state index contributed by atoms with van der Waals surface area (Å²) in [6, 6.07) is 11.3. The number of nitrogens with zero attached hydrogens (tertiary/aromatic N) is 1. The van der Waals surface area contributed by atoms with Crippen LogP contribution in [-0.2, 0) is 0 Å². The Morgan fingerprint density at radius 2 is 1.82 bits per heavy atom. The minimum Gasteiger partial charge on any atom is -0.355 e. The molecular weight excluding hydrogens is 228 g/mol.